The third-order valence-corrected chi connectivity index (χ3v) is 3.96. The van der Waals surface area contributed by atoms with Crippen LogP contribution in [0.15, 0.2) is 0 Å². The fourth-order valence-corrected chi connectivity index (χ4v) is 2.62. The van der Waals surface area contributed by atoms with Gasteiger partial charge in [0.1, 0.15) is 6.61 Å². The molecule has 0 saturated heterocycles. The Kier molecular flexibility index (Phi) is 9.16. The maximum Gasteiger partial charge on any atom is 0.293 e. The molecular formula is C15H25F3N2O3. The molecular weight excluding hydrogens is 313 g/mol. The summed E-state index contributed by atoms with van der Waals surface area (Å²) in [6.45, 7) is -0.338. The van der Waals surface area contributed by atoms with Gasteiger partial charge < -0.3 is 15.8 Å². The highest BCUT2D eigenvalue weighted by atomic mass is 19.3. The third-order valence-electron chi connectivity index (χ3n) is 3.96. The predicted octanol–water partition coefficient (Wildman–Crippen LogP) is 1.94. The molecule has 134 valence electrons. The largest absolute Gasteiger partial charge is 0.346 e. The number of hydrogen-bond donors (Lipinski definition) is 2. The molecule has 0 bridgehead atoms. The molecule has 2 atom stereocenters. The van der Waals surface area contributed by atoms with Crippen LogP contribution in [0, 0.1) is 5.92 Å². The lowest BCUT2D eigenvalue weighted by molar-refractivity contribution is -0.150. The number of ketones is 1. The van der Waals surface area contributed by atoms with Gasteiger partial charge in [-0.3, -0.25) is 9.59 Å². The van der Waals surface area contributed by atoms with Crippen LogP contribution in [0.1, 0.15) is 44.9 Å². The van der Waals surface area contributed by atoms with Crippen molar-refractivity contribution in [2.75, 3.05) is 13.2 Å². The maximum absolute atomic E-state index is 12.7. The number of nitrogens with two attached hydrogens (primary N) is 1. The van der Waals surface area contributed by atoms with E-state index in [1.165, 1.54) is 0 Å². The first-order valence-corrected chi connectivity index (χ1v) is 8.02. The first-order chi connectivity index (χ1) is 11.0. The second-order valence-electron chi connectivity index (χ2n) is 5.79. The number of carbonyl (C=O) groups excluding carboxylic acids is 2. The van der Waals surface area contributed by atoms with Crippen LogP contribution in [-0.4, -0.2) is 43.7 Å². The van der Waals surface area contributed by atoms with Gasteiger partial charge in [-0.1, -0.05) is 12.8 Å². The molecule has 1 saturated carbocycles. The van der Waals surface area contributed by atoms with E-state index in [4.69, 9.17) is 5.73 Å². The van der Waals surface area contributed by atoms with Gasteiger partial charge in [0.15, 0.2) is 5.78 Å². The van der Waals surface area contributed by atoms with Crippen LogP contribution in [0.5, 0.6) is 0 Å². The van der Waals surface area contributed by atoms with E-state index in [-0.39, 0.29) is 11.8 Å². The Bertz CT molecular complexity index is 377. The quantitative estimate of drug-likeness (QED) is 0.564. The van der Waals surface area contributed by atoms with Crippen LogP contribution in [-0.2, 0) is 14.3 Å². The number of carbonyl (C=O) groups is 2. The van der Waals surface area contributed by atoms with E-state index < -0.39 is 31.2 Å². The second kappa shape index (κ2) is 10.6. The van der Waals surface area contributed by atoms with Crippen molar-refractivity contribution >= 4 is 11.7 Å². The molecule has 23 heavy (non-hydrogen) atoms. The summed E-state index contributed by atoms with van der Waals surface area (Å²) in [6, 6.07) is -0.848. The molecule has 1 amide bonds. The number of amides is 1. The summed E-state index contributed by atoms with van der Waals surface area (Å²) in [7, 11) is 0. The second-order valence-corrected chi connectivity index (χ2v) is 5.79. The molecule has 1 rings (SSSR count). The van der Waals surface area contributed by atoms with Gasteiger partial charge in [0.25, 0.3) is 12.8 Å². The minimum Gasteiger partial charge on any atom is -0.346 e. The predicted molar refractivity (Wildman–Crippen MR) is 78.7 cm³/mol. The zero-order valence-corrected chi connectivity index (χ0v) is 13.1. The summed E-state index contributed by atoms with van der Waals surface area (Å²) >= 11 is 0. The highest BCUT2D eigenvalue weighted by Gasteiger charge is 2.28. The Balaban J connectivity index is 2.51. The van der Waals surface area contributed by atoms with Crippen molar-refractivity contribution < 1.29 is 27.5 Å². The van der Waals surface area contributed by atoms with Crippen LogP contribution in [0.3, 0.4) is 0 Å². The lowest BCUT2D eigenvalue weighted by atomic mass is 10.0. The Hall–Kier alpha value is -1.15. The lowest BCUT2D eigenvalue weighted by Crippen LogP contribution is -2.45. The van der Waals surface area contributed by atoms with Gasteiger partial charge in [-0.05, 0) is 38.6 Å². The molecule has 0 spiro atoms. The van der Waals surface area contributed by atoms with Gasteiger partial charge in [-0.2, -0.15) is 0 Å². The zero-order chi connectivity index (χ0) is 17.2. The standard InChI is InChI=1S/C15H25F3N2O3/c16-13(17)14(18)23-9-12(21)11(7-3-4-8-19)20-15(22)10-5-1-2-6-10/h10-11,13-14H,1-9,19H2,(H,20,22). The molecule has 0 aliphatic heterocycles. The Morgan fingerprint density at radius 1 is 1.17 bits per heavy atom. The summed E-state index contributed by atoms with van der Waals surface area (Å²) in [5.74, 6) is -0.924. The Morgan fingerprint density at radius 3 is 2.39 bits per heavy atom. The van der Waals surface area contributed by atoms with Gasteiger partial charge in [-0.25, -0.2) is 13.2 Å². The summed E-state index contributed by atoms with van der Waals surface area (Å²) in [4.78, 5) is 24.1. The number of unbranched alkanes of at least 4 members (excludes halogenated alkanes) is 1. The summed E-state index contributed by atoms with van der Waals surface area (Å²) in [6.07, 6.45) is -0.966. The van der Waals surface area contributed by atoms with Crippen molar-refractivity contribution in [1.82, 2.24) is 5.32 Å². The molecule has 5 nitrogen and oxygen atoms in total. The van der Waals surface area contributed by atoms with Gasteiger partial charge in [0.2, 0.25) is 5.91 Å². The minimum absolute atomic E-state index is 0.115. The average molecular weight is 338 g/mol. The molecule has 2 unspecified atom stereocenters. The van der Waals surface area contributed by atoms with Crippen molar-refractivity contribution in [3.8, 4) is 0 Å². The van der Waals surface area contributed by atoms with Crippen LogP contribution in [0.4, 0.5) is 13.2 Å². The topological polar surface area (TPSA) is 81.4 Å². The molecule has 0 aromatic carbocycles. The molecule has 0 heterocycles. The number of ether oxygens (including phenoxy) is 1. The van der Waals surface area contributed by atoms with Gasteiger partial charge >= 0.3 is 0 Å². The normalized spacial score (nSPS) is 18.1. The van der Waals surface area contributed by atoms with E-state index in [9.17, 15) is 22.8 Å². The molecule has 3 N–H and O–H groups in total. The maximum atomic E-state index is 12.7. The van der Waals surface area contributed by atoms with E-state index in [1.807, 2.05) is 0 Å². The molecule has 0 aromatic rings. The van der Waals surface area contributed by atoms with E-state index in [2.05, 4.69) is 10.1 Å². The highest BCUT2D eigenvalue weighted by molar-refractivity contribution is 5.90. The molecule has 0 aromatic heterocycles. The number of alkyl halides is 3. The SMILES string of the molecule is NCCCCC(NC(=O)C1CCCC1)C(=O)COC(F)C(F)F. The number of rotatable bonds is 11. The molecule has 8 heteroatoms. The fourth-order valence-electron chi connectivity index (χ4n) is 2.62. The van der Waals surface area contributed by atoms with Crippen molar-refractivity contribution in [1.29, 1.82) is 0 Å². The van der Waals surface area contributed by atoms with Gasteiger partial charge in [-0.15, -0.1) is 0 Å². The van der Waals surface area contributed by atoms with E-state index in [0.29, 0.717) is 25.8 Å². The number of hydrogen-bond acceptors (Lipinski definition) is 4. The summed E-state index contributed by atoms with van der Waals surface area (Å²) in [5, 5.41) is 2.65. The van der Waals surface area contributed by atoms with E-state index in [0.717, 1.165) is 25.7 Å². The first kappa shape index (κ1) is 19.9. The number of Topliss-reactive ketones (excluding diaryl/α,β-unsaturated/α-hetero) is 1. The summed E-state index contributed by atoms with van der Waals surface area (Å²) < 4.78 is 41.0. The lowest BCUT2D eigenvalue weighted by Gasteiger charge is -2.20. The van der Waals surface area contributed by atoms with Crippen LogP contribution >= 0.6 is 0 Å². The van der Waals surface area contributed by atoms with Gasteiger partial charge in [0, 0.05) is 5.92 Å². The monoisotopic (exact) mass is 338 g/mol. The molecule has 1 aliphatic carbocycles. The van der Waals surface area contributed by atoms with Crippen molar-refractivity contribution in [3.63, 3.8) is 0 Å². The summed E-state index contributed by atoms with van der Waals surface area (Å²) in [5.41, 5.74) is 5.39. The Morgan fingerprint density at radius 2 is 1.83 bits per heavy atom. The van der Waals surface area contributed by atoms with E-state index >= 15 is 0 Å². The molecule has 1 aliphatic rings. The molecule has 1 fully saturated rings. The van der Waals surface area contributed by atoms with Crippen molar-refractivity contribution in [3.05, 3.63) is 0 Å². The first-order valence-electron chi connectivity index (χ1n) is 8.02. The van der Waals surface area contributed by atoms with Crippen molar-refractivity contribution in [2.24, 2.45) is 11.7 Å². The Labute approximate surface area is 134 Å². The van der Waals surface area contributed by atoms with Gasteiger partial charge in [0.05, 0.1) is 6.04 Å². The van der Waals surface area contributed by atoms with Crippen LogP contribution in [0.2, 0.25) is 0 Å². The number of halogens is 3. The van der Waals surface area contributed by atoms with Crippen LogP contribution in [0.25, 0.3) is 0 Å². The fraction of sp³-hybridized carbons (Fsp3) is 0.867. The van der Waals surface area contributed by atoms with Crippen molar-refractivity contribution in [2.45, 2.75) is 63.8 Å². The third kappa shape index (κ3) is 7.30. The average Bonchev–Trinajstić information content (AvgIpc) is 3.05. The smallest absolute Gasteiger partial charge is 0.293 e. The minimum atomic E-state index is -3.30. The van der Waals surface area contributed by atoms with Crippen LogP contribution < -0.4 is 11.1 Å². The zero-order valence-electron chi connectivity index (χ0n) is 13.1. The number of nitrogens with one attached hydrogen (secondary N) is 1. The molecule has 0 radical (unpaired) electrons. The van der Waals surface area contributed by atoms with E-state index in [1.54, 1.807) is 0 Å². The highest BCUT2D eigenvalue weighted by Crippen LogP contribution is 2.25.